The first-order chi connectivity index (χ1) is 7.56. The number of carbonyl (C=O) groups excluding carboxylic acids is 2. The highest BCUT2D eigenvalue weighted by Gasteiger charge is 2.53. The molecule has 1 N–H and O–H groups in total. The number of methoxy groups -OCH3 is 1. The van der Waals surface area contributed by atoms with Crippen LogP contribution in [-0.4, -0.2) is 36.9 Å². The van der Waals surface area contributed by atoms with Crippen molar-refractivity contribution in [1.82, 2.24) is 0 Å². The summed E-state index contributed by atoms with van der Waals surface area (Å²) in [5, 5.41) is 9.76. The highest BCUT2D eigenvalue weighted by Crippen LogP contribution is 2.44. The maximum Gasteiger partial charge on any atom is 0.312 e. The summed E-state index contributed by atoms with van der Waals surface area (Å²) in [7, 11) is 1.32. The molecule has 0 amide bonds. The van der Waals surface area contributed by atoms with Crippen molar-refractivity contribution in [2.24, 2.45) is 23.7 Å². The van der Waals surface area contributed by atoms with Crippen molar-refractivity contribution in [2.75, 3.05) is 13.7 Å². The smallest absolute Gasteiger partial charge is 0.312 e. The van der Waals surface area contributed by atoms with Gasteiger partial charge in [-0.25, -0.2) is 0 Å². The monoisotopic (exact) mass is 228 g/mol. The zero-order valence-electron chi connectivity index (χ0n) is 9.38. The lowest BCUT2D eigenvalue weighted by molar-refractivity contribution is -0.170. The minimum absolute atomic E-state index is 0.0755. The van der Waals surface area contributed by atoms with Crippen molar-refractivity contribution in [2.45, 2.75) is 19.4 Å². The molecule has 1 aliphatic heterocycles. The van der Waals surface area contributed by atoms with E-state index in [4.69, 9.17) is 9.47 Å². The summed E-state index contributed by atoms with van der Waals surface area (Å²) >= 11 is 0. The van der Waals surface area contributed by atoms with E-state index < -0.39 is 12.0 Å². The summed E-state index contributed by atoms with van der Waals surface area (Å²) < 4.78 is 9.69. The molecule has 5 atom stereocenters. The molecule has 5 nitrogen and oxygen atoms in total. The zero-order valence-corrected chi connectivity index (χ0v) is 9.38. The van der Waals surface area contributed by atoms with Crippen LogP contribution in [0.2, 0.25) is 0 Å². The van der Waals surface area contributed by atoms with E-state index in [1.165, 1.54) is 7.11 Å². The fourth-order valence-corrected chi connectivity index (χ4v) is 2.86. The van der Waals surface area contributed by atoms with Crippen LogP contribution in [0.3, 0.4) is 0 Å². The van der Waals surface area contributed by atoms with Gasteiger partial charge in [-0.05, 0) is 18.3 Å². The maximum absolute atomic E-state index is 11.6. The minimum Gasteiger partial charge on any atom is -0.469 e. The van der Waals surface area contributed by atoms with Gasteiger partial charge in [0, 0.05) is 0 Å². The fraction of sp³-hybridized carbons (Fsp3) is 0.818. The Morgan fingerprint density at radius 1 is 1.56 bits per heavy atom. The third-order valence-corrected chi connectivity index (χ3v) is 3.85. The lowest BCUT2D eigenvalue weighted by atomic mass is 9.80. The van der Waals surface area contributed by atoms with E-state index in [9.17, 15) is 14.7 Å². The van der Waals surface area contributed by atoms with Crippen LogP contribution in [0.4, 0.5) is 0 Å². The van der Waals surface area contributed by atoms with Gasteiger partial charge in [-0.3, -0.25) is 9.59 Å². The van der Waals surface area contributed by atoms with E-state index in [2.05, 4.69) is 0 Å². The van der Waals surface area contributed by atoms with Crippen molar-refractivity contribution >= 4 is 11.9 Å². The Morgan fingerprint density at radius 2 is 2.25 bits per heavy atom. The summed E-state index contributed by atoms with van der Waals surface area (Å²) in [6.45, 7) is 1.89. The first-order valence-corrected chi connectivity index (χ1v) is 5.48. The molecule has 1 saturated heterocycles. The van der Waals surface area contributed by atoms with E-state index in [-0.39, 0.29) is 36.3 Å². The Labute approximate surface area is 93.7 Å². The molecule has 0 aromatic heterocycles. The molecular formula is C11H16O5. The van der Waals surface area contributed by atoms with Gasteiger partial charge in [-0.2, -0.15) is 0 Å². The predicted octanol–water partition coefficient (Wildman–Crippen LogP) is -0.0345. The summed E-state index contributed by atoms with van der Waals surface area (Å²) in [5.41, 5.74) is 0. The molecule has 2 fully saturated rings. The Bertz CT molecular complexity index is 313. The molecule has 1 aliphatic carbocycles. The standard InChI is InChI=1S/C11H16O5/c1-5-8(12)3-6-7(10(13)15-2)4-16-11(14)9(5)6/h5-9,12H,3-4H2,1-2H3/t5-,6-,7+,8-,9-/m0/s1. The molecule has 2 rings (SSSR count). The van der Waals surface area contributed by atoms with Crippen LogP contribution >= 0.6 is 0 Å². The highest BCUT2D eigenvalue weighted by molar-refractivity contribution is 5.80. The first-order valence-electron chi connectivity index (χ1n) is 5.48. The number of cyclic esters (lactones) is 1. The molecule has 0 aromatic carbocycles. The third kappa shape index (κ3) is 1.59. The first kappa shape index (κ1) is 11.4. The lowest BCUT2D eigenvalue weighted by Gasteiger charge is -2.31. The minimum atomic E-state index is -0.534. The SMILES string of the molecule is COC(=O)[C@@H]1COC(=O)[C@H]2[C@@H](C)[C@@H](O)C[C@H]21. The molecule has 16 heavy (non-hydrogen) atoms. The Balaban J connectivity index is 2.22. The van der Waals surface area contributed by atoms with Crippen molar-refractivity contribution in [1.29, 1.82) is 0 Å². The molecule has 2 aliphatic rings. The lowest BCUT2D eigenvalue weighted by Crippen LogP contribution is -2.42. The average molecular weight is 228 g/mol. The van der Waals surface area contributed by atoms with Crippen LogP contribution < -0.4 is 0 Å². The van der Waals surface area contributed by atoms with Gasteiger partial charge in [-0.1, -0.05) is 6.92 Å². The van der Waals surface area contributed by atoms with Gasteiger partial charge in [0.1, 0.15) is 6.61 Å². The molecule has 5 heteroatoms. The van der Waals surface area contributed by atoms with Crippen LogP contribution in [0, 0.1) is 23.7 Å². The van der Waals surface area contributed by atoms with E-state index >= 15 is 0 Å². The summed E-state index contributed by atoms with van der Waals surface area (Å²) in [6.07, 6.45) is -0.0615. The normalized spacial score (nSPS) is 42.4. The Hall–Kier alpha value is -1.10. The van der Waals surface area contributed by atoms with Gasteiger partial charge in [-0.15, -0.1) is 0 Å². The summed E-state index contributed by atoms with van der Waals surface area (Å²) in [5.74, 6) is -1.73. The molecule has 0 aromatic rings. The van der Waals surface area contributed by atoms with Crippen molar-refractivity contribution in [3.63, 3.8) is 0 Å². The van der Waals surface area contributed by atoms with Crippen molar-refractivity contribution in [3.05, 3.63) is 0 Å². The number of hydrogen-bond acceptors (Lipinski definition) is 5. The molecule has 0 unspecified atom stereocenters. The second-order valence-corrected chi connectivity index (χ2v) is 4.61. The van der Waals surface area contributed by atoms with Gasteiger partial charge in [0.05, 0.1) is 25.0 Å². The van der Waals surface area contributed by atoms with E-state index in [1.807, 2.05) is 6.92 Å². The van der Waals surface area contributed by atoms with Crippen LogP contribution in [0.15, 0.2) is 0 Å². The van der Waals surface area contributed by atoms with Crippen LogP contribution in [-0.2, 0) is 19.1 Å². The highest BCUT2D eigenvalue weighted by atomic mass is 16.5. The van der Waals surface area contributed by atoms with Crippen LogP contribution in [0.5, 0.6) is 0 Å². The molecule has 1 heterocycles. The second kappa shape index (κ2) is 4.05. The molecule has 0 spiro atoms. The molecule has 1 saturated carbocycles. The predicted molar refractivity (Wildman–Crippen MR) is 53.2 cm³/mol. The van der Waals surface area contributed by atoms with Gasteiger partial charge in [0.2, 0.25) is 0 Å². The number of aliphatic hydroxyl groups is 1. The second-order valence-electron chi connectivity index (χ2n) is 4.61. The van der Waals surface area contributed by atoms with Gasteiger partial charge < -0.3 is 14.6 Å². The molecule has 0 bridgehead atoms. The largest absolute Gasteiger partial charge is 0.469 e. The van der Waals surface area contributed by atoms with Gasteiger partial charge >= 0.3 is 11.9 Å². The number of fused-ring (bicyclic) bond motifs is 1. The topological polar surface area (TPSA) is 72.8 Å². The molecular weight excluding hydrogens is 212 g/mol. The molecule has 90 valence electrons. The average Bonchev–Trinajstić information content (AvgIpc) is 2.56. The number of rotatable bonds is 1. The zero-order chi connectivity index (χ0) is 11.9. The number of aliphatic hydroxyl groups excluding tert-OH is 1. The number of esters is 2. The number of carbonyl (C=O) groups is 2. The number of ether oxygens (including phenoxy) is 2. The fourth-order valence-electron chi connectivity index (χ4n) is 2.86. The van der Waals surface area contributed by atoms with Gasteiger partial charge in [0.15, 0.2) is 0 Å². The van der Waals surface area contributed by atoms with Crippen molar-refractivity contribution in [3.8, 4) is 0 Å². The quantitative estimate of drug-likeness (QED) is 0.638. The van der Waals surface area contributed by atoms with Crippen molar-refractivity contribution < 1.29 is 24.2 Å². The Morgan fingerprint density at radius 3 is 2.88 bits per heavy atom. The maximum atomic E-state index is 11.6. The summed E-state index contributed by atoms with van der Waals surface area (Å²) in [6, 6.07) is 0. The van der Waals surface area contributed by atoms with E-state index in [0.717, 1.165) is 0 Å². The molecule has 0 radical (unpaired) electrons. The van der Waals surface area contributed by atoms with E-state index in [1.54, 1.807) is 0 Å². The summed E-state index contributed by atoms with van der Waals surface area (Å²) in [4.78, 5) is 23.1. The Kier molecular flexibility index (Phi) is 2.88. The number of hydrogen-bond donors (Lipinski definition) is 1. The van der Waals surface area contributed by atoms with Crippen LogP contribution in [0.1, 0.15) is 13.3 Å². The van der Waals surface area contributed by atoms with Crippen LogP contribution in [0.25, 0.3) is 0 Å². The van der Waals surface area contributed by atoms with Gasteiger partial charge in [0.25, 0.3) is 0 Å². The third-order valence-electron chi connectivity index (χ3n) is 3.85. The van der Waals surface area contributed by atoms with E-state index in [0.29, 0.717) is 6.42 Å².